The summed E-state index contributed by atoms with van der Waals surface area (Å²) in [7, 11) is -3.56. The van der Waals surface area contributed by atoms with Gasteiger partial charge in [0.2, 0.25) is 10.0 Å². The number of carbonyl (C=O) groups is 1. The molecule has 6 nitrogen and oxygen atoms in total. The summed E-state index contributed by atoms with van der Waals surface area (Å²) in [5.74, 6) is 0.373. The minimum absolute atomic E-state index is 0.220. The van der Waals surface area contributed by atoms with E-state index in [2.05, 4.69) is 31.1 Å². The summed E-state index contributed by atoms with van der Waals surface area (Å²) in [6.07, 6.45) is 1.91. The van der Waals surface area contributed by atoms with Gasteiger partial charge < -0.3 is 0 Å². The molecule has 1 saturated heterocycles. The lowest BCUT2D eigenvalue weighted by atomic mass is 9.94. The van der Waals surface area contributed by atoms with E-state index in [1.54, 1.807) is 16.4 Å². The lowest BCUT2D eigenvalue weighted by molar-refractivity contribution is 0.102. The lowest BCUT2D eigenvalue weighted by Crippen LogP contribution is -2.42. The quantitative estimate of drug-likeness (QED) is 0.598. The van der Waals surface area contributed by atoms with Gasteiger partial charge in [-0.15, -0.1) is 0 Å². The number of rotatable bonds is 5. The molecule has 2 unspecified atom stereocenters. The number of hydrogen-bond acceptors (Lipinski definition) is 5. The molecule has 1 aromatic heterocycles. The maximum atomic E-state index is 13.0. The number of thiazole rings is 1. The van der Waals surface area contributed by atoms with Crippen molar-refractivity contribution < 1.29 is 13.2 Å². The number of carbonyl (C=O) groups excluding carboxylic acids is 1. The maximum absolute atomic E-state index is 13.0. The molecule has 1 aliphatic rings. The van der Waals surface area contributed by atoms with Gasteiger partial charge in [0, 0.05) is 18.7 Å². The van der Waals surface area contributed by atoms with Crippen molar-refractivity contribution in [3.8, 4) is 0 Å². The number of hydrogen-bond donors (Lipinski definition) is 1. The number of aryl methyl sites for hydroxylation is 1. The van der Waals surface area contributed by atoms with Gasteiger partial charge in [0.05, 0.1) is 15.1 Å². The van der Waals surface area contributed by atoms with Crippen molar-refractivity contribution in [2.75, 3.05) is 18.4 Å². The minimum atomic E-state index is -3.56. The van der Waals surface area contributed by atoms with Gasteiger partial charge in [-0.3, -0.25) is 10.1 Å². The van der Waals surface area contributed by atoms with Gasteiger partial charge in [0.15, 0.2) is 5.13 Å². The molecule has 0 aliphatic carbocycles. The monoisotopic (exact) mass is 457 g/mol. The van der Waals surface area contributed by atoms with E-state index in [1.807, 2.05) is 18.2 Å². The smallest absolute Gasteiger partial charge is 0.257 e. The highest BCUT2D eigenvalue weighted by Gasteiger charge is 2.31. The fourth-order valence-electron chi connectivity index (χ4n) is 4.24. The van der Waals surface area contributed by atoms with E-state index < -0.39 is 10.0 Å². The molecule has 31 heavy (non-hydrogen) atoms. The third kappa shape index (κ3) is 4.51. The van der Waals surface area contributed by atoms with E-state index in [-0.39, 0.29) is 10.8 Å². The summed E-state index contributed by atoms with van der Waals surface area (Å²) in [6, 6.07) is 12.2. The van der Waals surface area contributed by atoms with Crippen LogP contribution in [-0.2, 0) is 16.4 Å². The van der Waals surface area contributed by atoms with Crippen LogP contribution in [0.1, 0.15) is 43.1 Å². The summed E-state index contributed by atoms with van der Waals surface area (Å²) in [4.78, 5) is 17.5. The van der Waals surface area contributed by atoms with Crippen molar-refractivity contribution in [2.24, 2.45) is 11.8 Å². The Labute approximate surface area is 187 Å². The molecule has 0 spiro atoms. The molecule has 1 fully saturated rings. The number of nitrogens with zero attached hydrogens (tertiary/aromatic N) is 2. The molecule has 0 saturated carbocycles. The highest BCUT2D eigenvalue weighted by molar-refractivity contribution is 7.89. The van der Waals surface area contributed by atoms with E-state index >= 15 is 0 Å². The predicted molar refractivity (Wildman–Crippen MR) is 125 cm³/mol. The Bertz CT molecular complexity index is 1190. The Morgan fingerprint density at radius 2 is 1.81 bits per heavy atom. The molecule has 0 bridgehead atoms. The highest BCUT2D eigenvalue weighted by Crippen LogP contribution is 2.29. The summed E-state index contributed by atoms with van der Waals surface area (Å²) in [5, 5.41) is 3.38. The zero-order valence-electron chi connectivity index (χ0n) is 18.0. The molecule has 1 amide bonds. The van der Waals surface area contributed by atoms with Gasteiger partial charge in [-0.2, -0.15) is 4.31 Å². The SMILES string of the molecule is CCc1cccc2sc(NC(=O)c3ccc(S(=O)(=O)N4CC(C)CC(C)C4)cc3)nc12. The van der Waals surface area contributed by atoms with Crippen LogP contribution in [0.5, 0.6) is 0 Å². The minimum Gasteiger partial charge on any atom is -0.298 e. The molecule has 3 aromatic rings. The van der Waals surface area contributed by atoms with Crippen molar-refractivity contribution in [1.29, 1.82) is 0 Å². The van der Waals surface area contributed by atoms with Crippen LogP contribution in [0.4, 0.5) is 5.13 Å². The third-order valence-corrected chi connectivity index (χ3v) is 8.48. The van der Waals surface area contributed by atoms with Gasteiger partial charge >= 0.3 is 0 Å². The second kappa shape index (κ2) is 8.68. The van der Waals surface area contributed by atoms with E-state index in [0.717, 1.165) is 28.6 Å². The van der Waals surface area contributed by atoms with Crippen LogP contribution in [-0.4, -0.2) is 36.7 Å². The molecule has 2 aromatic carbocycles. The molecule has 2 heterocycles. The fourth-order valence-corrected chi connectivity index (χ4v) is 6.83. The zero-order chi connectivity index (χ0) is 22.2. The summed E-state index contributed by atoms with van der Waals surface area (Å²) < 4.78 is 28.6. The third-order valence-electron chi connectivity index (χ3n) is 5.69. The molecule has 4 rings (SSSR count). The van der Waals surface area contributed by atoms with E-state index in [0.29, 0.717) is 35.6 Å². The number of sulfonamides is 1. The Balaban J connectivity index is 1.51. The maximum Gasteiger partial charge on any atom is 0.257 e. The molecule has 1 N–H and O–H groups in total. The number of nitrogens with one attached hydrogen (secondary N) is 1. The van der Waals surface area contributed by atoms with Crippen LogP contribution in [0.3, 0.4) is 0 Å². The van der Waals surface area contributed by atoms with Crippen molar-refractivity contribution in [3.63, 3.8) is 0 Å². The number of piperidine rings is 1. The first-order valence-corrected chi connectivity index (χ1v) is 12.8. The molecule has 0 radical (unpaired) electrons. The van der Waals surface area contributed by atoms with Crippen molar-refractivity contribution in [2.45, 2.75) is 38.5 Å². The Kier molecular flexibility index (Phi) is 6.14. The van der Waals surface area contributed by atoms with Crippen LogP contribution < -0.4 is 5.32 Å². The Morgan fingerprint density at radius 1 is 1.13 bits per heavy atom. The Morgan fingerprint density at radius 3 is 2.45 bits per heavy atom. The van der Waals surface area contributed by atoms with Crippen LogP contribution in [0.2, 0.25) is 0 Å². The van der Waals surface area contributed by atoms with Gasteiger partial charge in [-0.05, 0) is 60.6 Å². The molecule has 1 aliphatic heterocycles. The summed E-state index contributed by atoms with van der Waals surface area (Å²) >= 11 is 1.43. The van der Waals surface area contributed by atoms with Crippen molar-refractivity contribution >= 4 is 42.6 Å². The first-order valence-electron chi connectivity index (χ1n) is 10.6. The van der Waals surface area contributed by atoms with Crippen LogP contribution in [0.25, 0.3) is 10.2 Å². The highest BCUT2D eigenvalue weighted by atomic mass is 32.2. The van der Waals surface area contributed by atoms with Gasteiger partial charge in [-0.25, -0.2) is 13.4 Å². The van der Waals surface area contributed by atoms with Crippen molar-refractivity contribution in [1.82, 2.24) is 9.29 Å². The molecular formula is C23H27N3O3S2. The zero-order valence-corrected chi connectivity index (χ0v) is 19.6. The van der Waals surface area contributed by atoms with E-state index in [9.17, 15) is 13.2 Å². The summed E-state index contributed by atoms with van der Waals surface area (Å²) in [6.45, 7) is 7.31. The lowest BCUT2D eigenvalue weighted by Gasteiger charge is -2.34. The number of amides is 1. The second-order valence-electron chi connectivity index (χ2n) is 8.38. The molecular weight excluding hydrogens is 430 g/mol. The fraction of sp³-hybridized carbons (Fsp3) is 0.391. The predicted octanol–water partition coefficient (Wildman–Crippen LogP) is 4.78. The average molecular weight is 458 g/mol. The first-order chi connectivity index (χ1) is 14.8. The Hall–Kier alpha value is -2.29. The largest absolute Gasteiger partial charge is 0.298 e. The first kappa shape index (κ1) is 21.9. The van der Waals surface area contributed by atoms with Gasteiger partial charge in [0.25, 0.3) is 5.91 Å². The molecule has 8 heteroatoms. The van der Waals surface area contributed by atoms with Crippen LogP contribution in [0.15, 0.2) is 47.4 Å². The topological polar surface area (TPSA) is 79.4 Å². The number of benzene rings is 2. The number of anilines is 1. The normalized spacial score (nSPS) is 20.1. The number of fused-ring (bicyclic) bond motifs is 1. The average Bonchev–Trinajstić information content (AvgIpc) is 3.15. The van der Waals surface area contributed by atoms with Gasteiger partial charge in [0.1, 0.15) is 0 Å². The second-order valence-corrected chi connectivity index (χ2v) is 11.4. The van der Waals surface area contributed by atoms with Crippen LogP contribution >= 0.6 is 11.3 Å². The van der Waals surface area contributed by atoms with Crippen LogP contribution in [0, 0.1) is 11.8 Å². The summed E-state index contributed by atoms with van der Waals surface area (Å²) in [5.41, 5.74) is 2.45. The molecule has 164 valence electrons. The standard InChI is InChI=1S/C23H27N3O3S2/c1-4-17-6-5-7-20-21(17)24-23(30-20)25-22(27)18-8-10-19(11-9-18)31(28,29)26-13-15(2)12-16(3)14-26/h5-11,15-16H,4,12-14H2,1-3H3,(H,24,25,27). The van der Waals surface area contributed by atoms with Gasteiger partial charge in [-0.1, -0.05) is 44.2 Å². The number of para-hydroxylation sites is 1. The molecule has 2 atom stereocenters. The van der Waals surface area contributed by atoms with E-state index in [1.165, 1.54) is 23.5 Å². The number of aromatic nitrogens is 1. The van der Waals surface area contributed by atoms with Crippen molar-refractivity contribution in [3.05, 3.63) is 53.6 Å². The van der Waals surface area contributed by atoms with E-state index in [4.69, 9.17) is 0 Å².